The van der Waals surface area contributed by atoms with Gasteiger partial charge in [0, 0.05) is 35.4 Å². The van der Waals surface area contributed by atoms with Gasteiger partial charge in [0.2, 0.25) is 0 Å². The molecule has 2 aromatic carbocycles. The normalized spacial score (nSPS) is 13.3. The Bertz CT molecular complexity index is 897. The lowest BCUT2D eigenvalue weighted by molar-refractivity contribution is 0.247. The number of benzene rings is 2. The van der Waals surface area contributed by atoms with Crippen molar-refractivity contribution >= 4 is 22.6 Å². The minimum absolute atomic E-state index is 0.00237. The van der Waals surface area contributed by atoms with Gasteiger partial charge in [-0.2, -0.15) is 0 Å². The molecule has 1 aliphatic rings. The molecule has 0 fully saturated rings. The minimum Gasteiger partial charge on any atom is -0.358 e. The molecule has 4 rings (SSSR count). The molecule has 1 aliphatic heterocycles. The number of nitrogens with one attached hydrogen (secondary N) is 2. The molecule has 3 aromatic rings. The van der Waals surface area contributed by atoms with Crippen LogP contribution in [-0.2, 0) is 12.8 Å². The Morgan fingerprint density at radius 2 is 1.96 bits per heavy atom. The summed E-state index contributed by atoms with van der Waals surface area (Å²) >= 11 is 0. The molecule has 0 spiro atoms. The molecule has 2 heterocycles. The second-order valence-electron chi connectivity index (χ2n) is 6.29. The van der Waals surface area contributed by atoms with Crippen molar-refractivity contribution in [2.24, 2.45) is 0 Å². The van der Waals surface area contributed by atoms with Crippen LogP contribution < -0.4 is 10.2 Å². The number of para-hydroxylation sites is 2. The van der Waals surface area contributed by atoms with E-state index in [2.05, 4.69) is 41.5 Å². The van der Waals surface area contributed by atoms with Gasteiger partial charge < -0.3 is 10.3 Å². The van der Waals surface area contributed by atoms with E-state index in [1.165, 1.54) is 22.2 Å². The summed E-state index contributed by atoms with van der Waals surface area (Å²) in [6.07, 6.45) is 1.77. The van der Waals surface area contributed by atoms with Crippen molar-refractivity contribution in [1.82, 2.24) is 10.3 Å². The van der Waals surface area contributed by atoms with E-state index in [4.69, 9.17) is 0 Å². The molecule has 0 radical (unpaired) electrons. The Hall–Kier alpha value is -2.75. The number of carbonyl (C=O) groups excluding carboxylic acids is 1. The second-order valence-corrected chi connectivity index (χ2v) is 6.29. The predicted molar refractivity (Wildman–Crippen MR) is 97.6 cm³/mol. The molecule has 0 unspecified atom stereocenters. The minimum atomic E-state index is -0.00237. The monoisotopic (exact) mass is 319 g/mol. The van der Waals surface area contributed by atoms with Crippen LogP contribution in [0.1, 0.15) is 16.8 Å². The van der Waals surface area contributed by atoms with Crippen molar-refractivity contribution in [1.29, 1.82) is 0 Å². The first kappa shape index (κ1) is 14.8. The summed E-state index contributed by atoms with van der Waals surface area (Å²) in [4.78, 5) is 17.7. The van der Waals surface area contributed by atoms with Crippen molar-refractivity contribution in [3.63, 3.8) is 0 Å². The van der Waals surface area contributed by atoms with E-state index in [1.807, 2.05) is 29.2 Å². The largest absolute Gasteiger partial charge is 0.358 e. The first-order valence-electron chi connectivity index (χ1n) is 8.43. The van der Waals surface area contributed by atoms with Gasteiger partial charge in [0.1, 0.15) is 0 Å². The molecular formula is C20H21N3O. The number of hydrogen-bond acceptors (Lipinski definition) is 1. The zero-order chi connectivity index (χ0) is 16.5. The Morgan fingerprint density at radius 1 is 1.17 bits per heavy atom. The van der Waals surface area contributed by atoms with Crippen LogP contribution in [0.3, 0.4) is 0 Å². The van der Waals surface area contributed by atoms with Gasteiger partial charge in [-0.1, -0.05) is 36.4 Å². The lowest BCUT2D eigenvalue weighted by atomic mass is 10.1. The van der Waals surface area contributed by atoms with E-state index in [9.17, 15) is 4.79 Å². The van der Waals surface area contributed by atoms with Crippen molar-refractivity contribution in [2.45, 2.75) is 19.8 Å². The van der Waals surface area contributed by atoms with Crippen LogP contribution in [0.5, 0.6) is 0 Å². The lowest BCUT2D eigenvalue weighted by Gasteiger charge is -2.18. The van der Waals surface area contributed by atoms with Crippen LogP contribution in [0.25, 0.3) is 10.9 Å². The molecule has 4 heteroatoms. The summed E-state index contributed by atoms with van der Waals surface area (Å²) < 4.78 is 0. The standard InChI is InChI=1S/C20H21N3O/c1-14-16(17-7-3-4-8-18(17)22-14)10-12-21-20(24)23-13-11-15-6-2-5-9-19(15)23/h2-9,22H,10-13H2,1H3,(H,21,24). The maximum atomic E-state index is 12.5. The number of H-pyrrole nitrogens is 1. The van der Waals surface area contributed by atoms with Gasteiger partial charge in [-0.15, -0.1) is 0 Å². The number of hydrogen-bond donors (Lipinski definition) is 2. The average Bonchev–Trinajstić information content (AvgIpc) is 3.16. The van der Waals surface area contributed by atoms with Gasteiger partial charge in [-0.25, -0.2) is 4.79 Å². The van der Waals surface area contributed by atoms with E-state index in [1.54, 1.807) is 0 Å². The first-order valence-corrected chi connectivity index (χ1v) is 8.43. The predicted octanol–water partition coefficient (Wildman–Crippen LogP) is 3.79. The Kier molecular flexibility index (Phi) is 3.73. The summed E-state index contributed by atoms with van der Waals surface area (Å²) in [5.41, 5.74) is 5.91. The van der Waals surface area contributed by atoms with E-state index in [0.29, 0.717) is 6.54 Å². The summed E-state index contributed by atoms with van der Waals surface area (Å²) in [6.45, 7) is 3.49. The fourth-order valence-electron chi connectivity index (χ4n) is 3.60. The van der Waals surface area contributed by atoms with E-state index in [0.717, 1.165) is 30.6 Å². The van der Waals surface area contributed by atoms with Crippen molar-refractivity contribution in [3.8, 4) is 0 Å². The zero-order valence-electron chi connectivity index (χ0n) is 13.8. The van der Waals surface area contributed by atoms with Gasteiger partial charge in [-0.05, 0) is 43.0 Å². The van der Waals surface area contributed by atoms with Crippen LogP contribution in [0.2, 0.25) is 0 Å². The van der Waals surface area contributed by atoms with Crippen molar-refractivity contribution < 1.29 is 4.79 Å². The third-order valence-electron chi connectivity index (χ3n) is 4.81. The number of aromatic amines is 1. The molecule has 2 amide bonds. The number of fused-ring (bicyclic) bond motifs is 2. The zero-order valence-corrected chi connectivity index (χ0v) is 13.8. The molecule has 0 bridgehead atoms. The SMILES string of the molecule is Cc1[nH]c2ccccc2c1CCNC(=O)N1CCc2ccccc21. The maximum absolute atomic E-state index is 12.5. The van der Waals surface area contributed by atoms with E-state index >= 15 is 0 Å². The number of anilines is 1. The molecule has 0 atom stereocenters. The molecular weight excluding hydrogens is 298 g/mol. The fourth-order valence-corrected chi connectivity index (χ4v) is 3.60. The molecule has 2 N–H and O–H groups in total. The topological polar surface area (TPSA) is 48.1 Å². The van der Waals surface area contributed by atoms with Crippen LogP contribution in [0.15, 0.2) is 48.5 Å². The van der Waals surface area contributed by atoms with Crippen molar-refractivity contribution in [3.05, 3.63) is 65.4 Å². The Morgan fingerprint density at radius 3 is 2.88 bits per heavy atom. The van der Waals surface area contributed by atoms with Gasteiger partial charge >= 0.3 is 6.03 Å². The number of nitrogens with zero attached hydrogens (tertiary/aromatic N) is 1. The quantitative estimate of drug-likeness (QED) is 0.758. The summed E-state index contributed by atoms with van der Waals surface area (Å²) in [5.74, 6) is 0. The van der Waals surface area contributed by atoms with Gasteiger partial charge in [0.05, 0.1) is 0 Å². The smallest absolute Gasteiger partial charge is 0.321 e. The molecule has 0 saturated heterocycles. The molecule has 122 valence electrons. The maximum Gasteiger partial charge on any atom is 0.321 e. The van der Waals surface area contributed by atoms with E-state index < -0.39 is 0 Å². The third kappa shape index (κ3) is 2.54. The average molecular weight is 319 g/mol. The van der Waals surface area contributed by atoms with Crippen LogP contribution in [0.4, 0.5) is 10.5 Å². The van der Waals surface area contributed by atoms with Gasteiger partial charge in [-0.3, -0.25) is 4.90 Å². The number of carbonyl (C=O) groups is 1. The number of aryl methyl sites for hydroxylation is 1. The summed E-state index contributed by atoms with van der Waals surface area (Å²) in [7, 11) is 0. The number of amides is 2. The van der Waals surface area contributed by atoms with Crippen molar-refractivity contribution in [2.75, 3.05) is 18.0 Å². The summed E-state index contributed by atoms with van der Waals surface area (Å²) in [5, 5.41) is 4.31. The third-order valence-corrected chi connectivity index (χ3v) is 4.81. The van der Waals surface area contributed by atoms with Crippen LogP contribution in [-0.4, -0.2) is 24.1 Å². The molecule has 0 aliphatic carbocycles. The Labute approximate surface area is 141 Å². The first-order chi connectivity index (χ1) is 11.7. The van der Waals surface area contributed by atoms with Crippen LogP contribution in [0, 0.1) is 6.92 Å². The van der Waals surface area contributed by atoms with E-state index in [-0.39, 0.29) is 6.03 Å². The lowest BCUT2D eigenvalue weighted by Crippen LogP contribution is -2.39. The summed E-state index contributed by atoms with van der Waals surface area (Å²) in [6, 6.07) is 16.4. The number of aromatic nitrogens is 1. The molecule has 1 aromatic heterocycles. The highest BCUT2D eigenvalue weighted by Gasteiger charge is 2.23. The number of rotatable bonds is 3. The fraction of sp³-hybridized carbons (Fsp3) is 0.250. The highest BCUT2D eigenvalue weighted by molar-refractivity contribution is 5.94. The number of urea groups is 1. The highest BCUT2D eigenvalue weighted by atomic mass is 16.2. The molecule has 0 saturated carbocycles. The highest BCUT2D eigenvalue weighted by Crippen LogP contribution is 2.27. The van der Waals surface area contributed by atoms with Gasteiger partial charge in [0.15, 0.2) is 0 Å². The van der Waals surface area contributed by atoms with Gasteiger partial charge in [0.25, 0.3) is 0 Å². The molecule has 24 heavy (non-hydrogen) atoms. The molecule has 4 nitrogen and oxygen atoms in total. The Balaban J connectivity index is 1.42. The van der Waals surface area contributed by atoms with Crippen LogP contribution >= 0.6 is 0 Å². The second kappa shape index (κ2) is 6.04.